The van der Waals surface area contributed by atoms with E-state index in [4.69, 9.17) is 21.7 Å². The molecule has 0 spiro atoms. The number of hydrogen-bond acceptors (Lipinski definition) is 5. The van der Waals surface area contributed by atoms with E-state index < -0.39 is 17.8 Å². The molecule has 1 atom stereocenters. The van der Waals surface area contributed by atoms with Gasteiger partial charge in [-0.15, -0.1) is 0 Å². The lowest BCUT2D eigenvalue weighted by molar-refractivity contribution is 0.00945. The van der Waals surface area contributed by atoms with Crippen molar-refractivity contribution in [3.63, 3.8) is 0 Å². The molecule has 0 radical (unpaired) electrons. The predicted octanol–water partition coefficient (Wildman–Crippen LogP) is 6.02. The van der Waals surface area contributed by atoms with Gasteiger partial charge in [0, 0.05) is 17.9 Å². The van der Waals surface area contributed by atoms with Crippen LogP contribution in [0, 0.1) is 6.92 Å². The number of anilines is 2. The van der Waals surface area contributed by atoms with Crippen LogP contribution < -0.4 is 15.4 Å². The van der Waals surface area contributed by atoms with E-state index in [0.717, 1.165) is 16.9 Å². The van der Waals surface area contributed by atoms with Gasteiger partial charge in [-0.1, -0.05) is 48.0 Å². The van der Waals surface area contributed by atoms with Crippen molar-refractivity contribution in [2.45, 2.75) is 45.8 Å². The lowest BCUT2D eigenvalue weighted by Crippen LogP contribution is -2.43. The Labute approximate surface area is 230 Å². The van der Waals surface area contributed by atoms with E-state index in [1.165, 1.54) is 10.5 Å². The van der Waals surface area contributed by atoms with Crippen LogP contribution in [0.3, 0.4) is 0 Å². The minimum atomic E-state index is -0.864. The fraction of sp³-hybridized carbons (Fsp3) is 0.333. The first-order chi connectivity index (χ1) is 18.1. The first-order valence-electron chi connectivity index (χ1n) is 12.6. The smallest absolute Gasteiger partial charge is 0.410 e. The van der Waals surface area contributed by atoms with Crippen LogP contribution in [0.25, 0.3) is 0 Å². The predicted molar refractivity (Wildman–Crippen MR) is 157 cm³/mol. The van der Waals surface area contributed by atoms with E-state index in [1.807, 2.05) is 107 Å². The Morgan fingerprint density at radius 2 is 1.53 bits per heavy atom. The molecule has 3 aromatic rings. The maximum absolute atomic E-state index is 12.9. The molecule has 0 aliphatic carbocycles. The first-order valence-corrected chi connectivity index (χ1v) is 13.1. The number of benzene rings is 3. The normalized spacial score (nSPS) is 11.8. The second-order valence-electron chi connectivity index (χ2n) is 10.1. The monoisotopic (exact) mass is 535 g/mol. The molecule has 0 aliphatic rings. The lowest BCUT2D eigenvalue weighted by atomic mass is 10.1. The zero-order valence-corrected chi connectivity index (χ0v) is 23.3. The van der Waals surface area contributed by atoms with Crippen LogP contribution >= 0.6 is 12.2 Å². The Bertz CT molecular complexity index is 1160. The zero-order chi connectivity index (χ0) is 27.5. The van der Waals surface area contributed by atoms with Gasteiger partial charge in [0.05, 0.1) is 6.54 Å². The molecule has 0 aliphatic heterocycles. The standard InChI is InChI=1S/C30H37N3O4S/c1-22-10-14-24(15-11-22)31-28(38)32-25-16-12-23(13-17-25)18-19-33(29(35)37-30(2,3)4)20-26(34)21-36-27-8-6-5-7-9-27/h5-17,26,34H,18-21H2,1-4H3,(H2,31,32,38)/t26-/m0/s1. The van der Waals surface area contributed by atoms with Crippen LogP contribution in [0.5, 0.6) is 5.75 Å². The summed E-state index contributed by atoms with van der Waals surface area (Å²) in [6, 6.07) is 25.1. The minimum Gasteiger partial charge on any atom is -0.491 e. The van der Waals surface area contributed by atoms with Gasteiger partial charge in [0.25, 0.3) is 0 Å². The second-order valence-corrected chi connectivity index (χ2v) is 10.5. The van der Waals surface area contributed by atoms with E-state index in [9.17, 15) is 9.90 Å². The number of carbonyl (C=O) groups is 1. The molecule has 7 nitrogen and oxygen atoms in total. The van der Waals surface area contributed by atoms with Crippen molar-refractivity contribution in [2.75, 3.05) is 30.3 Å². The van der Waals surface area contributed by atoms with Gasteiger partial charge in [-0.2, -0.15) is 0 Å². The molecule has 3 N–H and O–H groups in total. The number of nitrogens with zero attached hydrogens (tertiary/aromatic N) is 1. The molecule has 202 valence electrons. The Morgan fingerprint density at radius 3 is 2.11 bits per heavy atom. The molecule has 0 fully saturated rings. The Hall–Kier alpha value is -3.62. The van der Waals surface area contributed by atoms with Crippen LogP contribution in [0.2, 0.25) is 0 Å². The number of hydrogen-bond donors (Lipinski definition) is 3. The number of aliphatic hydroxyl groups is 1. The zero-order valence-electron chi connectivity index (χ0n) is 22.4. The van der Waals surface area contributed by atoms with Gasteiger partial charge in [-0.05, 0) is 88.3 Å². The molecular weight excluding hydrogens is 498 g/mol. The Balaban J connectivity index is 1.54. The summed E-state index contributed by atoms with van der Waals surface area (Å²) < 4.78 is 11.2. The van der Waals surface area contributed by atoms with E-state index in [-0.39, 0.29) is 13.2 Å². The highest BCUT2D eigenvalue weighted by atomic mass is 32.1. The third-order valence-electron chi connectivity index (χ3n) is 5.46. The highest BCUT2D eigenvalue weighted by molar-refractivity contribution is 7.80. The quantitative estimate of drug-likeness (QED) is 0.274. The molecular formula is C30H37N3O4S. The highest BCUT2D eigenvalue weighted by Crippen LogP contribution is 2.15. The number of aryl methyl sites for hydroxylation is 1. The third-order valence-corrected chi connectivity index (χ3v) is 5.66. The van der Waals surface area contributed by atoms with Gasteiger partial charge < -0.3 is 30.1 Å². The average molecular weight is 536 g/mol. The van der Waals surface area contributed by atoms with E-state index >= 15 is 0 Å². The number of amides is 1. The van der Waals surface area contributed by atoms with Gasteiger partial charge >= 0.3 is 6.09 Å². The summed E-state index contributed by atoms with van der Waals surface area (Å²) in [6.07, 6.45) is -0.740. The largest absolute Gasteiger partial charge is 0.491 e. The fourth-order valence-corrected chi connectivity index (χ4v) is 3.78. The van der Waals surface area contributed by atoms with Crippen LogP contribution in [0.1, 0.15) is 31.9 Å². The number of ether oxygens (including phenoxy) is 2. The number of nitrogens with one attached hydrogen (secondary N) is 2. The van der Waals surface area contributed by atoms with Gasteiger partial charge in [0.2, 0.25) is 0 Å². The molecule has 0 unspecified atom stereocenters. The second kappa shape index (κ2) is 13.8. The molecule has 8 heteroatoms. The molecule has 0 bridgehead atoms. The van der Waals surface area contributed by atoms with Crippen molar-refractivity contribution in [3.05, 3.63) is 90.0 Å². The number of aliphatic hydroxyl groups excluding tert-OH is 1. The topological polar surface area (TPSA) is 83.1 Å². The van der Waals surface area contributed by atoms with Crippen LogP contribution in [0.15, 0.2) is 78.9 Å². The fourth-order valence-electron chi connectivity index (χ4n) is 3.55. The molecule has 38 heavy (non-hydrogen) atoms. The number of carbonyl (C=O) groups excluding carboxylic acids is 1. The SMILES string of the molecule is Cc1ccc(NC(=S)Nc2ccc(CCN(C[C@H](O)COc3ccccc3)C(=O)OC(C)(C)C)cc2)cc1. The lowest BCUT2D eigenvalue weighted by Gasteiger charge is -2.29. The van der Waals surface area contributed by atoms with Gasteiger partial charge in [-0.3, -0.25) is 0 Å². The van der Waals surface area contributed by atoms with Crippen molar-refractivity contribution in [2.24, 2.45) is 0 Å². The number of rotatable bonds is 10. The maximum Gasteiger partial charge on any atom is 0.410 e. The molecule has 0 saturated heterocycles. The van der Waals surface area contributed by atoms with E-state index in [0.29, 0.717) is 23.8 Å². The van der Waals surface area contributed by atoms with Crippen molar-refractivity contribution in [3.8, 4) is 5.75 Å². The van der Waals surface area contributed by atoms with Crippen molar-refractivity contribution in [1.29, 1.82) is 0 Å². The average Bonchev–Trinajstić information content (AvgIpc) is 2.87. The molecule has 0 aromatic heterocycles. The van der Waals surface area contributed by atoms with Crippen LogP contribution in [-0.2, 0) is 11.2 Å². The van der Waals surface area contributed by atoms with Crippen molar-refractivity contribution in [1.82, 2.24) is 4.90 Å². The molecule has 0 heterocycles. The molecule has 0 saturated carbocycles. The number of thiocarbonyl (C=S) groups is 1. The summed E-state index contributed by atoms with van der Waals surface area (Å²) in [5, 5.41) is 17.4. The van der Waals surface area contributed by atoms with Gasteiger partial charge in [0.15, 0.2) is 5.11 Å². The first kappa shape index (κ1) is 28.9. The minimum absolute atomic E-state index is 0.0697. The Kier molecular flexibility index (Phi) is 10.5. The van der Waals surface area contributed by atoms with Crippen LogP contribution in [0.4, 0.5) is 16.2 Å². The summed E-state index contributed by atoms with van der Waals surface area (Å²) in [5.74, 6) is 0.664. The summed E-state index contributed by atoms with van der Waals surface area (Å²) in [7, 11) is 0. The number of para-hydroxylation sites is 1. The Morgan fingerprint density at radius 1 is 0.947 bits per heavy atom. The molecule has 3 aromatic carbocycles. The van der Waals surface area contributed by atoms with Gasteiger partial charge in [-0.25, -0.2) is 4.79 Å². The van der Waals surface area contributed by atoms with E-state index in [2.05, 4.69) is 10.6 Å². The summed E-state index contributed by atoms with van der Waals surface area (Å²) in [4.78, 5) is 14.4. The summed E-state index contributed by atoms with van der Waals surface area (Å²) in [5.41, 5.74) is 3.36. The third kappa shape index (κ3) is 10.4. The maximum atomic E-state index is 12.9. The van der Waals surface area contributed by atoms with Crippen molar-refractivity contribution < 1.29 is 19.4 Å². The van der Waals surface area contributed by atoms with E-state index in [1.54, 1.807) is 0 Å². The summed E-state index contributed by atoms with van der Waals surface area (Å²) in [6.45, 7) is 8.06. The summed E-state index contributed by atoms with van der Waals surface area (Å²) >= 11 is 5.42. The molecule has 1 amide bonds. The van der Waals surface area contributed by atoms with Crippen molar-refractivity contribution >= 4 is 34.8 Å². The van der Waals surface area contributed by atoms with Crippen LogP contribution in [-0.4, -0.2) is 52.6 Å². The molecule has 3 rings (SSSR count). The van der Waals surface area contributed by atoms with Gasteiger partial charge in [0.1, 0.15) is 24.1 Å². The highest BCUT2D eigenvalue weighted by Gasteiger charge is 2.24.